The number of pyridine rings is 1. The van der Waals surface area contributed by atoms with Crippen molar-refractivity contribution in [2.45, 2.75) is 26.2 Å². The molecule has 11 rings (SSSR count). The second-order valence-electron chi connectivity index (χ2n) is 15.6. The second kappa shape index (κ2) is 12.0. The van der Waals surface area contributed by atoms with E-state index in [2.05, 4.69) is 189 Å². The Hall–Kier alpha value is -6.49. The Kier molecular flexibility index (Phi) is 6.98. The van der Waals surface area contributed by atoms with Crippen LogP contribution in [0, 0.1) is 0 Å². The lowest BCUT2D eigenvalue weighted by molar-refractivity contribution is 0.590. The molecule has 0 radical (unpaired) electrons. The van der Waals surface area contributed by atoms with Crippen molar-refractivity contribution < 1.29 is 4.42 Å². The van der Waals surface area contributed by atoms with Crippen molar-refractivity contribution in [2.75, 3.05) is 0 Å². The Bertz CT molecular complexity index is 3280. The zero-order valence-electron chi connectivity index (χ0n) is 30.8. The van der Waals surface area contributed by atoms with E-state index in [0.717, 1.165) is 55.9 Å². The van der Waals surface area contributed by atoms with Gasteiger partial charge in [-0.05, 0) is 94.9 Å². The first-order chi connectivity index (χ1) is 26.9. The number of hydrogen-bond donors (Lipinski definition) is 0. The third-order valence-electron chi connectivity index (χ3n) is 11.2. The fourth-order valence-corrected chi connectivity index (χ4v) is 9.50. The molecule has 0 atom stereocenters. The Morgan fingerprint density at radius 3 is 1.96 bits per heavy atom. The van der Waals surface area contributed by atoms with Crippen molar-refractivity contribution >= 4 is 75.3 Å². The lowest BCUT2D eigenvalue weighted by Crippen LogP contribution is -2.10. The first-order valence-electron chi connectivity index (χ1n) is 18.9. The van der Waals surface area contributed by atoms with Crippen LogP contribution in [-0.2, 0) is 5.41 Å². The molecule has 3 nitrogen and oxygen atoms in total. The minimum absolute atomic E-state index is 0.0631. The molecule has 0 bridgehead atoms. The topological polar surface area (TPSA) is 31.0 Å². The van der Waals surface area contributed by atoms with Crippen molar-refractivity contribution in [3.05, 3.63) is 169 Å². The molecule has 4 heterocycles. The lowest BCUT2D eigenvalue weighted by atomic mass is 9.86. The average Bonchev–Trinajstić information content (AvgIpc) is 3.89. The molecule has 0 saturated heterocycles. The van der Waals surface area contributed by atoms with Crippen LogP contribution in [-0.4, -0.2) is 9.55 Å². The van der Waals surface area contributed by atoms with Crippen LogP contribution in [0.15, 0.2) is 168 Å². The van der Waals surface area contributed by atoms with Crippen molar-refractivity contribution in [1.29, 1.82) is 0 Å². The van der Waals surface area contributed by atoms with Crippen LogP contribution in [0.5, 0.6) is 0 Å². The highest BCUT2D eigenvalue weighted by Crippen LogP contribution is 2.44. The van der Waals surface area contributed by atoms with Crippen molar-refractivity contribution in [3.63, 3.8) is 0 Å². The molecule has 4 aromatic heterocycles. The maximum absolute atomic E-state index is 6.49. The summed E-state index contributed by atoms with van der Waals surface area (Å²) >= 11 is 1.84. The van der Waals surface area contributed by atoms with Crippen molar-refractivity contribution in [1.82, 2.24) is 9.55 Å². The van der Waals surface area contributed by atoms with Gasteiger partial charge in [0, 0.05) is 58.5 Å². The number of furan rings is 1. The van der Waals surface area contributed by atoms with Gasteiger partial charge in [-0.1, -0.05) is 112 Å². The van der Waals surface area contributed by atoms with Gasteiger partial charge in [-0.25, -0.2) is 4.98 Å². The largest absolute Gasteiger partial charge is 0.456 e. The summed E-state index contributed by atoms with van der Waals surface area (Å²) in [5.41, 5.74) is 13.0. The van der Waals surface area contributed by atoms with E-state index in [1.165, 1.54) is 52.9 Å². The molecular weight excluding hydrogens is 689 g/mol. The number of rotatable bonds is 4. The molecule has 11 aromatic rings. The molecule has 0 saturated carbocycles. The Labute approximate surface area is 322 Å². The normalized spacial score (nSPS) is 12.3. The smallest absolute Gasteiger partial charge is 0.136 e. The van der Waals surface area contributed by atoms with Crippen molar-refractivity contribution in [2.24, 2.45) is 0 Å². The Morgan fingerprint density at radius 2 is 1.15 bits per heavy atom. The van der Waals surface area contributed by atoms with Gasteiger partial charge in [0.1, 0.15) is 11.2 Å². The fraction of sp³-hybridized carbons (Fsp3) is 0.0784. The van der Waals surface area contributed by atoms with Crippen LogP contribution < -0.4 is 0 Å². The molecule has 0 aliphatic heterocycles. The molecule has 7 aromatic carbocycles. The third kappa shape index (κ3) is 5.13. The first kappa shape index (κ1) is 32.0. The molecule has 0 aliphatic carbocycles. The van der Waals surface area contributed by atoms with Gasteiger partial charge >= 0.3 is 0 Å². The number of benzene rings is 7. The SMILES string of the molecule is CC(C)(C)c1ccc(-c2cc(-c3ccc4c5ccccc5n(-c5ccccc5)c4c3)cc(-c3ccc4oc5ccc6sc7ccccc7c6c5c4c3)n2)cc1. The summed E-state index contributed by atoms with van der Waals surface area (Å²) in [4.78, 5) is 5.39. The summed E-state index contributed by atoms with van der Waals surface area (Å²) in [7, 11) is 0. The number of aromatic nitrogens is 2. The maximum Gasteiger partial charge on any atom is 0.136 e. The average molecular weight is 725 g/mol. The van der Waals surface area contributed by atoms with E-state index >= 15 is 0 Å². The van der Waals surface area contributed by atoms with Crippen LogP contribution in [0.2, 0.25) is 0 Å². The summed E-state index contributed by atoms with van der Waals surface area (Å²) in [5, 5.41) is 7.29. The first-order valence-corrected chi connectivity index (χ1v) is 19.7. The fourth-order valence-electron chi connectivity index (χ4n) is 8.38. The predicted molar refractivity (Wildman–Crippen MR) is 234 cm³/mol. The number of fused-ring (bicyclic) bond motifs is 10. The second-order valence-corrected chi connectivity index (χ2v) is 16.7. The van der Waals surface area contributed by atoms with E-state index in [9.17, 15) is 0 Å². The maximum atomic E-state index is 6.49. The summed E-state index contributed by atoms with van der Waals surface area (Å²) < 4.78 is 11.4. The minimum atomic E-state index is 0.0631. The highest BCUT2D eigenvalue weighted by atomic mass is 32.1. The van der Waals surface area contributed by atoms with Gasteiger partial charge in [-0.3, -0.25) is 0 Å². The zero-order valence-corrected chi connectivity index (χ0v) is 31.6. The van der Waals surface area contributed by atoms with Gasteiger partial charge < -0.3 is 8.98 Å². The summed E-state index contributed by atoms with van der Waals surface area (Å²) in [6, 6.07) is 59.2. The van der Waals surface area contributed by atoms with Gasteiger partial charge in [0.05, 0.1) is 22.4 Å². The monoisotopic (exact) mass is 724 g/mol. The van der Waals surface area contributed by atoms with Crippen LogP contribution in [0.25, 0.3) is 103 Å². The molecular formula is C51H36N2OS. The number of nitrogens with zero attached hydrogens (tertiary/aromatic N) is 2. The van der Waals surface area contributed by atoms with E-state index in [-0.39, 0.29) is 5.41 Å². The molecule has 4 heteroatoms. The van der Waals surface area contributed by atoms with Gasteiger partial charge in [0.15, 0.2) is 0 Å². The standard InChI is InChI=1S/C51H36N2OS/c1-51(2,3)35-21-17-31(18-22-35)41-28-34(32-19-23-38-37-13-7-9-15-43(37)53(44(38)30-32)36-11-5-4-6-12-36)29-42(52-41)33-20-24-45-40(27-33)49-46(54-45)25-26-48-50(49)39-14-8-10-16-47(39)55-48/h4-30H,1-3H3. The summed E-state index contributed by atoms with van der Waals surface area (Å²) in [6.45, 7) is 6.77. The zero-order chi connectivity index (χ0) is 36.8. The van der Waals surface area contributed by atoms with E-state index in [1.54, 1.807) is 0 Å². The number of thiophene rings is 1. The molecule has 0 unspecified atom stereocenters. The van der Waals surface area contributed by atoms with Gasteiger partial charge in [0.25, 0.3) is 0 Å². The number of hydrogen-bond acceptors (Lipinski definition) is 3. The number of para-hydroxylation sites is 2. The van der Waals surface area contributed by atoms with E-state index in [4.69, 9.17) is 9.40 Å². The van der Waals surface area contributed by atoms with E-state index in [0.29, 0.717) is 0 Å². The third-order valence-corrected chi connectivity index (χ3v) is 12.3. The molecule has 0 spiro atoms. The van der Waals surface area contributed by atoms with Gasteiger partial charge in [0.2, 0.25) is 0 Å². The predicted octanol–water partition coefficient (Wildman–Crippen LogP) is 14.7. The van der Waals surface area contributed by atoms with Crippen LogP contribution >= 0.6 is 11.3 Å². The lowest BCUT2D eigenvalue weighted by Gasteiger charge is -2.19. The van der Waals surface area contributed by atoms with Gasteiger partial charge in [-0.15, -0.1) is 11.3 Å². The Morgan fingerprint density at radius 1 is 0.473 bits per heavy atom. The van der Waals surface area contributed by atoms with Crippen LogP contribution in [0.4, 0.5) is 0 Å². The van der Waals surface area contributed by atoms with Crippen LogP contribution in [0.3, 0.4) is 0 Å². The van der Waals surface area contributed by atoms with Gasteiger partial charge in [-0.2, -0.15) is 0 Å². The Balaban J connectivity index is 1.14. The summed E-state index contributed by atoms with van der Waals surface area (Å²) in [5.74, 6) is 0. The molecule has 262 valence electrons. The molecule has 0 fully saturated rings. The molecule has 0 amide bonds. The summed E-state index contributed by atoms with van der Waals surface area (Å²) in [6.07, 6.45) is 0. The molecule has 55 heavy (non-hydrogen) atoms. The minimum Gasteiger partial charge on any atom is -0.456 e. The van der Waals surface area contributed by atoms with Crippen LogP contribution in [0.1, 0.15) is 26.3 Å². The molecule has 0 N–H and O–H groups in total. The van der Waals surface area contributed by atoms with Crippen molar-refractivity contribution in [3.8, 4) is 39.3 Å². The quantitative estimate of drug-likeness (QED) is 0.181. The van der Waals surface area contributed by atoms with E-state index < -0.39 is 0 Å². The van der Waals surface area contributed by atoms with E-state index in [1.807, 2.05) is 11.3 Å². The highest BCUT2D eigenvalue weighted by molar-refractivity contribution is 7.26. The molecule has 0 aliphatic rings. The highest BCUT2D eigenvalue weighted by Gasteiger charge is 2.19.